The molecule has 2 aromatic carbocycles. The number of hydrogen-bond donors (Lipinski definition) is 3. The third-order valence-corrected chi connectivity index (χ3v) is 4.31. The summed E-state index contributed by atoms with van der Waals surface area (Å²) in [5.74, 6) is -2.23. The molecule has 0 saturated heterocycles. The zero-order valence-electron chi connectivity index (χ0n) is 13.8. The Morgan fingerprint density at radius 1 is 1.04 bits per heavy atom. The van der Waals surface area contributed by atoms with Gasteiger partial charge in [0.1, 0.15) is 12.6 Å². The molecule has 2 aromatic rings. The van der Waals surface area contributed by atoms with Gasteiger partial charge in [-0.2, -0.15) is 0 Å². The van der Waals surface area contributed by atoms with Gasteiger partial charge < -0.3 is 15.6 Å². The molecule has 7 heteroatoms. The van der Waals surface area contributed by atoms with Crippen molar-refractivity contribution in [2.24, 2.45) is 5.73 Å². The van der Waals surface area contributed by atoms with Gasteiger partial charge in [-0.1, -0.05) is 48.5 Å². The van der Waals surface area contributed by atoms with Crippen LogP contribution in [0.1, 0.15) is 23.5 Å². The van der Waals surface area contributed by atoms with Crippen LogP contribution >= 0.6 is 0 Å². The minimum atomic E-state index is -1.36. The fourth-order valence-corrected chi connectivity index (χ4v) is 3.09. The van der Waals surface area contributed by atoms with E-state index in [4.69, 9.17) is 15.6 Å². The molecular formula is C19H18N2O5. The Balaban J connectivity index is 1.64. The topological polar surface area (TPSA) is 119 Å². The standard InChI is InChI=1S/C19H18N2O5/c20-16(18(23)24)9-17(22)21-19(25)26-10-15-13-7-3-1-5-11(13)12-6-2-4-8-14(12)15/h1-8,15-16H,9-10,20H2,(H,23,24)(H,21,22,25). The van der Waals surface area contributed by atoms with Crippen molar-refractivity contribution in [2.45, 2.75) is 18.4 Å². The van der Waals surface area contributed by atoms with E-state index in [1.54, 1.807) is 0 Å². The Bertz CT molecular complexity index is 819. The van der Waals surface area contributed by atoms with Gasteiger partial charge in [-0.05, 0) is 22.3 Å². The van der Waals surface area contributed by atoms with E-state index in [1.807, 2.05) is 53.8 Å². The number of imide groups is 1. The lowest BCUT2D eigenvalue weighted by Gasteiger charge is -2.14. The van der Waals surface area contributed by atoms with Crippen molar-refractivity contribution in [2.75, 3.05) is 6.61 Å². The highest BCUT2D eigenvalue weighted by Crippen LogP contribution is 2.44. The highest BCUT2D eigenvalue weighted by molar-refractivity contribution is 5.94. The fourth-order valence-electron chi connectivity index (χ4n) is 3.09. The minimum absolute atomic E-state index is 0.0676. The third-order valence-electron chi connectivity index (χ3n) is 4.31. The number of ether oxygens (including phenoxy) is 1. The van der Waals surface area contributed by atoms with E-state index >= 15 is 0 Å². The number of carbonyl (C=O) groups is 3. The van der Waals surface area contributed by atoms with Crippen molar-refractivity contribution >= 4 is 18.0 Å². The van der Waals surface area contributed by atoms with Crippen LogP contribution in [0, 0.1) is 0 Å². The highest BCUT2D eigenvalue weighted by Gasteiger charge is 2.29. The summed E-state index contributed by atoms with van der Waals surface area (Å²) in [6.07, 6.45) is -1.42. The van der Waals surface area contributed by atoms with Gasteiger partial charge in [0.2, 0.25) is 5.91 Å². The second-order valence-corrected chi connectivity index (χ2v) is 6.02. The van der Waals surface area contributed by atoms with E-state index in [-0.39, 0.29) is 12.5 Å². The van der Waals surface area contributed by atoms with E-state index in [0.717, 1.165) is 22.3 Å². The maximum atomic E-state index is 11.8. The average Bonchev–Trinajstić information content (AvgIpc) is 2.93. The van der Waals surface area contributed by atoms with Crippen molar-refractivity contribution < 1.29 is 24.2 Å². The summed E-state index contributed by atoms with van der Waals surface area (Å²) >= 11 is 0. The summed E-state index contributed by atoms with van der Waals surface area (Å²) in [6, 6.07) is 14.4. The molecule has 0 aliphatic heterocycles. The molecule has 2 amide bonds. The van der Waals surface area contributed by atoms with Crippen LogP contribution in [0.2, 0.25) is 0 Å². The number of benzene rings is 2. The van der Waals surface area contributed by atoms with E-state index in [2.05, 4.69) is 0 Å². The molecule has 1 aliphatic carbocycles. The molecule has 1 aliphatic rings. The fraction of sp³-hybridized carbons (Fsp3) is 0.211. The summed E-state index contributed by atoms with van der Waals surface area (Å²) in [7, 11) is 0. The molecule has 7 nitrogen and oxygen atoms in total. The van der Waals surface area contributed by atoms with Gasteiger partial charge in [-0.3, -0.25) is 14.9 Å². The molecule has 0 aromatic heterocycles. The zero-order chi connectivity index (χ0) is 18.7. The smallest absolute Gasteiger partial charge is 0.413 e. The van der Waals surface area contributed by atoms with Gasteiger partial charge in [0.15, 0.2) is 0 Å². The number of rotatable bonds is 5. The molecule has 0 saturated carbocycles. The third kappa shape index (κ3) is 3.57. The lowest BCUT2D eigenvalue weighted by atomic mass is 9.98. The second kappa shape index (κ2) is 7.37. The number of carboxylic acid groups (broad SMARTS) is 1. The number of amides is 2. The van der Waals surface area contributed by atoms with Crippen LogP contribution in [0.5, 0.6) is 0 Å². The first kappa shape index (κ1) is 17.6. The zero-order valence-corrected chi connectivity index (χ0v) is 13.8. The Morgan fingerprint density at radius 3 is 2.12 bits per heavy atom. The summed E-state index contributed by atoms with van der Waals surface area (Å²) in [5.41, 5.74) is 9.57. The quantitative estimate of drug-likeness (QED) is 0.754. The van der Waals surface area contributed by atoms with Crippen LogP contribution in [0.4, 0.5) is 4.79 Å². The Hall–Kier alpha value is -3.19. The molecule has 1 unspecified atom stereocenters. The van der Waals surface area contributed by atoms with Crippen LogP contribution < -0.4 is 11.1 Å². The van der Waals surface area contributed by atoms with Crippen molar-refractivity contribution in [1.29, 1.82) is 0 Å². The van der Waals surface area contributed by atoms with Crippen LogP contribution in [0.15, 0.2) is 48.5 Å². The average molecular weight is 354 g/mol. The summed E-state index contributed by atoms with van der Waals surface area (Å²) < 4.78 is 5.19. The monoisotopic (exact) mass is 354 g/mol. The molecule has 4 N–H and O–H groups in total. The maximum absolute atomic E-state index is 11.8. The van der Waals surface area contributed by atoms with E-state index in [0.29, 0.717) is 0 Å². The van der Waals surface area contributed by atoms with E-state index in [1.165, 1.54) is 0 Å². The molecule has 134 valence electrons. The van der Waals surface area contributed by atoms with Gasteiger partial charge in [0.25, 0.3) is 0 Å². The van der Waals surface area contributed by atoms with Gasteiger partial charge in [-0.15, -0.1) is 0 Å². The van der Waals surface area contributed by atoms with Gasteiger partial charge in [0.05, 0.1) is 6.42 Å². The van der Waals surface area contributed by atoms with E-state index < -0.39 is 30.4 Å². The van der Waals surface area contributed by atoms with Gasteiger partial charge >= 0.3 is 12.1 Å². The summed E-state index contributed by atoms with van der Waals surface area (Å²) in [5, 5.41) is 10.7. The molecule has 0 fully saturated rings. The maximum Gasteiger partial charge on any atom is 0.413 e. The summed E-state index contributed by atoms with van der Waals surface area (Å²) in [4.78, 5) is 34.1. The first-order chi connectivity index (χ1) is 12.5. The van der Waals surface area contributed by atoms with Gasteiger partial charge in [0, 0.05) is 5.92 Å². The number of aliphatic carboxylic acids is 1. The van der Waals surface area contributed by atoms with Crippen LogP contribution in [-0.2, 0) is 14.3 Å². The van der Waals surface area contributed by atoms with Crippen LogP contribution in [0.3, 0.4) is 0 Å². The normalized spacial score (nSPS) is 13.4. The van der Waals surface area contributed by atoms with Crippen molar-refractivity contribution in [3.8, 4) is 11.1 Å². The number of alkyl carbamates (subject to hydrolysis) is 1. The van der Waals surface area contributed by atoms with Gasteiger partial charge in [-0.25, -0.2) is 4.79 Å². The van der Waals surface area contributed by atoms with Crippen molar-refractivity contribution in [1.82, 2.24) is 5.32 Å². The number of hydrogen-bond acceptors (Lipinski definition) is 5. The molecule has 0 heterocycles. The molecular weight excluding hydrogens is 336 g/mol. The lowest BCUT2D eigenvalue weighted by molar-refractivity contribution is -0.140. The van der Waals surface area contributed by atoms with Crippen LogP contribution in [-0.4, -0.2) is 35.7 Å². The van der Waals surface area contributed by atoms with Crippen molar-refractivity contribution in [3.63, 3.8) is 0 Å². The lowest BCUT2D eigenvalue weighted by Crippen LogP contribution is -2.39. The first-order valence-corrected chi connectivity index (χ1v) is 8.10. The number of nitrogens with one attached hydrogen (secondary N) is 1. The van der Waals surface area contributed by atoms with E-state index in [9.17, 15) is 14.4 Å². The van der Waals surface area contributed by atoms with Crippen molar-refractivity contribution in [3.05, 3.63) is 59.7 Å². The number of nitrogens with two attached hydrogens (primary N) is 1. The second-order valence-electron chi connectivity index (χ2n) is 6.02. The number of carbonyl (C=O) groups excluding carboxylic acids is 2. The molecule has 0 bridgehead atoms. The molecule has 26 heavy (non-hydrogen) atoms. The molecule has 1 atom stereocenters. The predicted octanol–water partition coefficient (Wildman–Crippen LogP) is 1.85. The molecule has 0 radical (unpaired) electrons. The Kier molecular flexibility index (Phi) is 4.99. The number of fused-ring (bicyclic) bond motifs is 3. The summed E-state index contributed by atoms with van der Waals surface area (Å²) in [6.45, 7) is 0.0676. The van der Waals surface area contributed by atoms with Crippen LogP contribution in [0.25, 0.3) is 11.1 Å². The first-order valence-electron chi connectivity index (χ1n) is 8.10. The number of carboxylic acids is 1. The Morgan fingerprint density at radius 2 is 1.58 bits per heavy atom. The largest absolute Gasteiger partial charge is 0.480 e. The Labute approximate surface area is 149 Å². The molecule has 3 rings (SSSR count). The molecule has 0 spiro atoms. The predicted molar refractivity (Wildman–Crippen MR) is 93.4 cm³/mol. The minimum Gasteiger partial charge on any atom is -0.480 e. The SMILES string of the molecule is NC(CC(=O)NC(=O)OCC1c2ccccc2-c2ccccc21)C(=O)O. The highest BCUT2D eigenvalue weighted by atomic mass is 16.5.